The fourth-order valence-corrected chi connectivity index (χ4v) is 4.43. The van der Waals surface area contributed by atoms with Crippen LogP contribution in [0.2, 0.25) is 10.2 Å². The largest absolute Gasteiger partial charge is 0.377 e. The highest BCUT2D eigenvalue weighted by molar-refractivity contribution is 6.32. The first kappa shape index (κ1) is 14.6. The van der Waals surface area contributed by atoms with E-state index in [0.29, 0.717) is 28.2 Å². The van der Waals surface area contributed by atoms with Crippen LogP contribution in [0.5, 0.6) is 0 Å². The molecule has 0 N–H and O–H groups in total. The lowest BCUT2D eigenvalue weighted by molar-refractivity contribution is -0.151. The van der Waals surface area contributed by atoms with Crippen molar-refractivity contribution >= 4 is 23.2 Å². The number of hydrogen-bond acceptors (Lipinski definition) is 3. The Morgan fingerprint density at radius 2 is 2.15 bits per heavy atom. The van der Waals surface area contributed by atoms with Crippen LogP contribution in [0, 0.1) is 11.3 Å². The molecule has 3 rings (SSSR count). The molecule has 0 unspecified atom stereocenters. The van der Waals surface area contributed by atoms with Gasteiger partial charge in [-0.25, -0.2) is 4.98 Å². The van der Waals surface area contributed by atoms with Gasteiger partial charge in [-0.1, -0.05) is 37.0 Å². The molecular weight excluding hydrogens is 295 g/mol. The maximum atomic E-state index is 6.22. The second kappa shape index (κ2) is 5.13. The van der Waals surface area contributed by atoms with Crippen molar-refractivity contribution in [2.24, 2.45) is 11.3 Å². The lowest BCUT2D eigenvalue weighted by Gasteiger charge is -2.58. The Bertz CT molecular complexity index is 521. The molecule has 20 heavy (non-hydrogen) atoms. The van der Waals surface area contributed by atoms with Crippen molar-refractivity contribution < 1.29 is 4.74 Å². The first-order valence-corrected chi connectivity index (χ1v) is 7.79. The fourth-order valence-electron chi connectivity index (χ4n) is 4.10. The summed E-state index contributed by atoms with van der Waals surface area (Å²) < 4.78 is 5.85. The van der Waals surface area contributed by atoms with Gasteiger partial charge in [-0.3, -0.25) is 4.90 Å². The Morgan fingerprint density at radius 3 is 2.90 bits per heavy atom. The lowest BCUT2D eigenvalue weighted by atomic mass is 9.57. The van der Waals surface area contributed by atoms with Crippen LogP contribution in [0.3, 0.4) is 0 Å². The average Bonchev–Trinajstić information content (AvgIpc) is 2.79. The fraction of sp³-hybridized carbons (Fsp3) is 0.667. The highest BCUT2D eigenvalue weighted by atomic mass is 35.5. The van der Waals surface area contributed by atoms with E-state index < -0.39 is 0 Å². The van der Waals surface area contributed by atoms with Gasteiger partial charge >= 0.3 is 0 Å². The lowest BCUT2D eigenvalue weighted by Crippen LogP contribution is -2.65. The van der Waals surface area contributed by atoms with E-state index >= 15 is 0 Å². The molecule has 0 amide bonds. The van der Waals surface area contributed by atoms with Gasteiger partial charge in [0.05, 0.1) is 16.8 Å². The molecule has 1 saturated heterocycles. The van der Waals surface area contributed by atoms with Gasteiger partial charge in [0.25, 0.3) is 0 Å². The molecule has 3 atom stereocenters. The van der Waals surface area contributed by atoms with Crippen LogP contribution in [0.25, 0.3) is 0 Å². The second-order valence-corrected chi connectivity index (χ2v) is 7.28. The van der Waals surface area contributed by atoms with E-state index in [1.807, 2.05) is 6.07 Å². The molecule has 0 radical (unpaired) electrons. The maximum Gasteiger partial charge on any atom is 0.129 e. The number of ether oxygens (including phenoxy) is 1. The van der Waals surface area contributed by atoms with Gasteiger partial charge in [0.1, 0.15) is 5.15 Å². The topological polar surface area (TPSA) is 25.4 Å². The third kappa shape index (κ3) is 2.25. The summed E-state index contributed by atoms with van der Waals surface area (Å²) in [4.78, 5) is 6.69. The molecule has 5 heteroatoms. The van der Waals surface area contributed by atoms with Crippen molar-refractivity contribution in [3.63, 3.8) is 0 Å². The molecular formula is C15H20Cl2N2O. The van der Waals surface area contributed by atoms with E-state index in [9.17, 15) is 0 Å². The number of fused-ring (bicyclic) bond motifs is 1. The summed E-state index contributed by atoms with van der Waals surface area (Å²) >= 11 is 12.2. The highest BCUT2D eigenvalue weighted by Crippen LogP contribution is 2.54. The minimum Gasteiger partial charge on any atom is -0.377 e. The SMILES string of the molecule is CN(Cc1nc(Cl)ccc1Cl)[C@@H]1[C@H]2CCO[C@@H]2C1(C)C. The number of hydrogen-bond donors (Lipinski definition) is 0. The zero-order valence-electron chi connectivity index (χ0n) is 12.1. The van der Waals surface area contributed by atoms with Gasteiger partial charge in [-0.2, -0.15) is 0 Å². The van der Waals surface area contributed by atoms with E-state index in [1.54, 1.807) is 6.07 Å². The van der Waals surface area contributed by atoms with Gasteiger partial charge in [-0.05, 0) is 25.6 Å². The maximum absolute atomic E-state index is 6.22. The first-order chi connectivity index (χ1) is 9.41. The van der Waals surface area contributed by atoms with E-state index in [-0.39, 0.29) is 5.41 Å². The number of aromatic nitrogens is 1. The molecule has 1 aliphatic carbocycles. The van der Waals surface area contributed by atoms with Crippen LogP contribution in [0.4, 0.5) is 0 Å². The Kier molecular flexibility index (Phi) is 3.74. The van der Waals surface area contributed by atoms with Crippen LogP contribution < -0.4 is 0 Å². The Hall–Kier alpha value is -0.350. The minimum absolute atomic E-state index is 0.182. The van der Waals surface area contributed by atoms with Crippen molar-refractivity contribution in [3.8, 4) is 0 Å². The first-order valence-electron chi connectivity index (χ1n) is 7.04. The zero-order valence-corrected chi connectivity index (χ0v) is 13.6. The molecule has 2 fully saturated rings. The summed E-state index contributed by atoms with van der Waals surface area (Å²) in [7, 11) is 2.14. The third-order valence-corrected chi connectivity index (χ3v) is 5.35. The molecule has 110 valence electrons. The summed E-state index contributed by atoms with van der Waals surface area (Å²) in [6.45, 7) is 6.18. The van der Waals surface area contributed by atoms with Crippen LogP contribution in [-0.2, 0) is 11.3 Å². The molecule has 1 aliphatic heterocycles. The van der Waals surface area contributed by atoms with Crippen molar-refractivity contribution in [2.75, 3.05) is 13.7 Å². The van der Waals surface area contributed by atoms with Crippen LogP contribution >= 0.6 is 23.2 Å². The summed E-state index contributed by atoms with van der Waals surface area (Å²) in [5.74, 6) is 0.632. The second-order valence-electron chi connectivity index (χ2n) is 6.49. The van der Waals surface area contributed by atoms with E-state index in [0.717, 1.165) is 25.3 Å². The standard InChI is InChI=1S/C15H20Cl2N2O/c1-15(2)13(9-6-7-20-14(9)15)19(3)8-11-10(16)4-5-12(17)18-11/h4-5,9,13-14H,6-8H2,1-3H3/t9-,13-,14+/m1/s1. The summed E-state index contributed by atoms with van der Waals surface area (Å²) in [6.07, 6.45) is 1.55. The van der Waals surface area contributed by atoms with Crippen molar-refractivity contribution in [1.29, 1.82) is 0 Å². The monoisotopic (exact) mass is 314 g/mol. The third-order valence-electron chi connectivity index (χ3n) is 4.80. The number of halogens is 2. The molecule has 0 spiro atoms. The van der Waals surface area contributed by atoms with Gasteiger partial charge < -0.3 is 4.74 Å². The van der Waals surface area contributed by atoms with Crippen LogP contribution in [0.1, 0.15) is 26.0 Å². The van der Waals surface area contributed by atoms with Crippen molar-refractivity contribution in [2.45, 2.75) is 39.0 Å². The number of rotatable bonds is 3. The van der Waals surface area contributed by atoms with Gasteiger partial charge in [0, 0.05) is 30.5 Å². The zero-order chi connectivity index (χ0) is 14.5. The average molecular weight is 315 g/mol. The normalized spacial score (nSPS) is 31.2. The Labute approximate surface area is 130 Å². The van der Waals surface area contributed by atoms with E-state index in [2.05, 4.69) is 30.8 Å². The van der Waals surface area contributed by atoms with E-state index in [4.69, 9.17) is 27.9 Å². The molecule has 1 saturated carbocycles. The Morgan fingerprint density at radius 1 is 1.40 bits per heavy atom. The highest BCUT2D eigenvalue weighted by Gasteiger charge is 2.60. The quantitative estimate of drug-likeness (QED) is 0.797. The molecule has 3 nitrogen and oxygen atoms in total. The van der Waals surface area contributed by atoms with Crippen LogP contribution in [0.15, 0.2) is 12.1 Å². The van der Waals surface area contributed by atoms with Gasteiger partial charge in [-0.15, -0.1) is 0 Å². The summed E-state index contributed by atoms with van der Waals surface area (Å²) in [6, 6.07) is 4.04. The molecule has 0 aromatic carbocycles. The molecule has 1 aromatic rings. The summed E-state index contributed by atoms with van der Waals surface area (Å²) in [5, 5.41) is 1.17. The number of pyridine rings is 1. The Balaban J connectivity index is 1.76. The molecule has 1 aromatic heterocycles. The van der Waals surface area contributed by atoms with Gasteiger partial charge in [0.2, 0.25) is 0 Å². The van der Waals surface area contributed by atoms with E-state index in [1.165, 1.54) is 0 Å². The molecule has 2 heterocycles. The van der Waals surface area contributed by atoms with Gasteiger partial charge in [0.15, 0.2) is 0 Å². The predicted molar refractivity (Wildman–Crippen MR) is 81.1 cm³/mol. The van der Waals surface area contributed by atoms with Crippen molar-refractivity contribution in [1.82, 2.24) is 9.88 Å². The summed E-state index contributed by atoms with van der Waals surface area (Å²) in [5.41, 5.74) is 1.03. The van der Waals surface area contributed by atoms with Crippen LogP contribution in [-0.4, -0.2) is 35.7 Å². The number of nitrogens with zero attached hydrogens (tertiary/aromatic N) is 2. The smallest absolute Gasteiger partial charge is 0.129 e. The minimum atomic E-state index is 0.182. The molecule has 0 bridgehead atoms. The van der Waals surface area contributed by atoms with Crippen molar-refractivity contribution in [3.05, 3.63) is 28.0 Å². The predicted octanol–water partition coefficient (Wildman–Crippen LogP) is 3.63. The molecule has 2 aliphatic rings.